The van der Waals surface area contributed by atoms with Gasteiger partial charge in [0, 0.05) is 31.8 Å². The minimum atomic E-state index is 0.0328. The highest BCUT2D eigenvalue weighted by molar-refractivity contribution is 5.91. The summed E-state index contributed by atoms with van der Waals surface area (Å²) in [7, 11) is 1.88. The summed E-state index contributed by atoms with van der Waals surface area (Å²) < 4.78 is 5.00. The van der Waals surface area contributed by atoms with Crippen LogP contribution in [0.4, 0.5) is 0 Å². The maximum atomic E-state index is 12.3. The van der Waals surface area contributed by atoms with Crippen molar-refractivity contribution in [2.24, 2.45) is 11.8 Å². The number of nitrogens with zero attached hydrogens (tertiary/aromatic N) is 2. The molecule has 0 spiro atoms. The second-order valence-corrected chi connectivity index (χ2v) is 6.26. The van der Waals surface area contributed by atoms with Gasteiger partial charge in [0.2, 0.25) is 0 Å². The molecule has 1 aromatic rings. The van der Waals surface area contributed by atoms with Crippen LogP contribution in [0.25, 0.3) is 6.08 Å². The quantitative estimate of drug-likeness (QED) is 0.802. The van der Waals surface area contributed by atoms with Crippen molar-refractivity contribution < 1.29 is 9.21 Å². The average molecular weight is 288 g/mol. The Bertz CT molecular complexity index is 495. The Morgan fingerprint density at radius 3 is 2.90 bits per heavy atom. The first kappa shape index (κ1) is 14.4. The zero-order valence-corrected chi connectivity index (χ0v) is 12.7. The number of piperidine rings is 1. The molecular weight excluding hydrogens is 264 g/mol. The number of carbonyl (C=O) groups is 1. The lowest BCUT2D eigenvalue weighted by atomic mass is 9.75. The van der Waals surface area contributed by atoms with E-state index in [2.05, 4.69) is 5.01 Å². The van der Waals surface area contributed by atoms with Crippen LogP contribution in [-0.2, 0) is 4.79 Å². The van der Waals surface area contributed by atoms with Crippen molar-refractivity contribution in [3.8, 4) is 0 Å². The molecule has 1 aliphatic heterocycles. The fourth-order valence-electron chi connectivity index (χ4n) is 3.64. The van der Waals surface area contributed by atoms with Crippen molar-refractivity contribution >= 4 is 12.0 Å². The fourth-order valence-corrected chi connectivity index (χ4v) is 3.64. The molecule has 4 heteroatoms. The van der Waals surface area contributed by atoms with Gasteiger partial charge in [-0.15, -0.1) is 0 Å². The monoisotopic (exact) mass is 288 g/mol. The molecule has 2 aliphatic rings. The smallest absolute Gasteiger partial charge is 0.260 e. The number of hydrogen-bond donors (Lipinski definition) is 0. The lowest BCUT2D eigenvalue weighted by Gasteiger charge is -2.44. The number of amides is 1. The third-order valence-electron chi connectivity index (χ3n) is 4.97. The molecule has 0 bridgehead atoms. The maximum absolute atomic E-state index is 12.3. The van der Waals surface area contributed by atoms with E-state index < -0.39 is 0 Å². The highest BCUT2D eigenvalue weighted by Crippen LogP contribution is 2.36. The van der Waals surface area contributed by atoms with Crippen LogP contribution in [0.1, 0.15) is 37.7 Å². The predicted octanol–water partition coefficient (Wildman–Crippen LogP) is 3.18. The Kier molecular flexibility index (Phi) is 4.44. The van der Waals surface area contributed by atoms with Crippen molar-refractivity contribution in [1.29, 1.82) is 0 Å². The molecule has 0 aromatic carbocycles. The lowest BCUT2D eigenvalue weighted by Crippen LogP contribution is -2.51. The van der Waals surface area contributed by atoms with Crippen LogP contribution in [0.3, 0.4) is 0 Å². The largest absolute Gasteiger partial charge is 0.472 e. The predicted molar refractivity (Wildman–Crippen MR) is 82.2 cm³/mol. The van der Waals surface area contributed by atoms with E-state index >= 15 is 0 Å². The number of likely N-dealkylation sites (N-methyl/N-ethyl adjacent to an activating group) is 1. The summed E-state index contributed by atoms with van der Waals surface area (Å²) in [5.41, 5.74) is 0.919. The lowest BCUT2D eigenvalue weighted by molar-refractivity contribution is -0.145. The molecule has 1 amide bonds. The van der Waals surface area contributed by atoms with E-state index in [-0.39, 0.29) is 5.91 Å². The summed E-state index contributed by atoms with van der Waals surface area (Å²) in [4.78, 5) is 12.3. The summed E-state index contributed by atoms with van der Waals surface area (Å²) in [5, 5.41) is 4.00. The summed E-state index contributed by atoms with van der Waals surface area (Å²) in [5.74, 6) is 1.70. The summed E-state index contributed by atoms with van der Waals surface area (Å²) in [6, 6.07) is 1.84. The number of carbonyl (C=O) groups excluding carboxylic acids is 1. The van der Waals surface area contributed by atoms with Gasteiger partial charge in [0.05, 0.1) is 12.5 Å². The van der Waals surface area contributed by atoms with Gasteiger partial charge in [-0.25, -0.2) is 5.01 Å². The van der Waals surface area contributed by atoms with Crippen LogP contribution in [0.5, 0.6) is 0 Å². The van der Waals surface area contributed by atoms with Crippen molar-refractivity contribution in [3.63, 3.8) is 0 Å². The minimum absolute atomic E-state index is 0.0328. The van der Waals surface area contributed by atoms with Gasteiger partial charge in [-0.2, -0.15) is 0 Å². The number of furan rings is 1. The first-order chi connectivity index (χ1) is 10.2. The first-order valence-electron chi connectivity index (χ1n) is 7.97. The zero-order valence-electron chi connectivity index (χ0n) is 12.7. The molecule has 2 atom stereocenters. The summed E-state index contributed by atoms with van der Waals surface area (Å²) >= 11 is 0. The van der Waals surface area contributed by atoms with Crippen molar-refractivity contribution in [2.45, 2.75) is 32.1 Å². The molecule has 1 aliphatic carbocycles. The topological polar surface area (TPSA) is 36.7 Å². The van der Waals surface area contributed by atoms with Gasteiger partial charge >= 0.3 is 0 Å². The van der Waals surface area contributed by atoms with Crippen LogP contribution in [0, 0.1) is 11.8 Å². The minimum Gasteiger partial charge on any atom is -0.472 e. The highest BCUT2D eigenvalue weighted by atomic mass is 16.3. The van der Waals surface area contributed by atoms with Gasteiger partial charge in [0.15, 0.2) is 0 Å². The van der Waals surface area contributed by atoms with Crippen molar-refractivity contribution in [2.75, 3.05) is 20.1 Å². The molecule has 1 saturated heterocycles. The third-order valence-corrected chi connectivity index (χ3v) is 4.97. The van der Waals surface area contributed by atoms with E-state index in [9.17, 15) is 4.79 Å². The highest BCUT2D eigenvalue weighted by Gasteiger charge is 2.33. The van der Waals surface area contributed by atoms with E-state index in [1.165, 1.54) is 32.1 Å². The molecular formula is C17H24N2O2. The molecule has 3 rings (SSSR count). The number of hydrogen-bond acceptors (Lipinski definition) is 3. The molecule has 0 radical (unpaired) electrons. The van der Waals surface area contributed by atoms with Crippen LogP contribution in [0.2, 0.25) is 0 Å². The third kappa shape index (κ3) is 3.38. The molecule has 1 aromatic heterocycles. The van der Waals surface area contributed by atoms with Crippen LogP contribution >= 0.6 is 0 Å². The van der Waals surface area contributed by atoms with E-state index in [0.29, 0.717) is 0 Å². The van der Waals surface area contributed by atoms with Crippen LogP contribution < -0.4 is 0 Å². The van der Waals surface area contributed by atoms with Gasteiger partial charge < -0.3 is 4.42 Å². The molecule has 2 fully saturated rings. The van der Waals surface area contributed by atoms with Gasteiger partial charge in [-0.1, -0.05) is 19.3 Å². The van der Waals surface area contributed by atoms with Crippen LogP contribution in [-0.4, -0.2) is 36.1 Å². The van der Waals surface area contributed by atoms with Crippen molar-refractivity contribution in [3.05, 3.63) is 30.2 Å². The number of hydrazine groups is 1. The van der Waals surface area contributed by atoms with Gasteiger partial charge in [0.1, 0.15) is 0 Å². The molecule has 21 heavy (non-hydrogen) atoms. The Hall–Kier alpha value is -1.55. The summed E-state index contributed by atoms with van der Waals surface area (Å²) in [6.45, 7) is 2.04. The first-order valence-corrected chi connectivity index (χ1v) is 7.97. The zero-order chi connectivity index (χ0) is 14.7. The molecule has 2 unspecified atom stereocenters. The second-order valence-electron chi connectivity index (χ2n) is 6.26. The van der Waals surface area contributed by atoms with Crippen molar-refractivity contribution in [1.82, 2.24) is 10.0 Å². The molecule has 1 saturated carbocycles. The Morgan fingerprint density at radius 2 is 2.14 bits per heavy atom. The van der Waals surface area contributed by atoms with Gasteiger partial charge in [-0.05, 0) is 36.8 Å². The molecule has 114 valence electrons. The number of rotatable bonds is 3. The molecule has 4 nitrogen and oxygen atoms in total. The maximum Gasteiger partial charge on any atom is 0.260 e. The standard InChI is InChI=1S/C17H24N2O2/c1-18(17(20)7-6-14-9-11-21-13-14)19-10-8-15-4-2-3-5-16(15)12-19/h6-7,9,11,13,15-16H,2-5,8,10,12H2,1H3/b7-6+. The Labute approximate surface area is 126 Å². The van der Waals surface area contributed by atoms with E-state index in [4.69, 9.17) is 4.42 Å². The number of fused-ring (bicyclic) bond motifs is 1. The normalized spacial score (nSPS) is 26.7. The fraction of sp³-hybridized carbons (Fsp3) is 0.588. The molecule has 2 heterocycles. The molecule has 0 N–H and O–H groups in total. The van der Waals surface area contributed by atoms with E-state index in [1.54, 1.807) is 29.7 Å². The van der Waals surface area contributed by atoms with E-state index in [1.807, 2.05) is 13.1 Å². The Balaban J connectivity index is 1.57. The van der Waals surface area contributed by atoms with Gasteiger partial charge in [-0.3, -0.25) is 9.80 Å². The second kappa shape index (κ2) is 6.48. The SMILES string of the molecule is CN(C(=O)/C=C/c1ccoc1)N1CCC2CCCCC2C1. The Morgan fingerprint density at radius 1 is 1.33 bits per heavy atom. The van der Waals surface area contributed by atoms with Gasteiger partial charge in [0.25, 0.3) is 5.91 Å². The van der Waals surface area contributed by atoms with E-state index in [0.717, 1.165) is 30.5 Å². The average Bonchev–Trinajstić information content (AvgIpc) is 3.05. The summed E-state index contributed by atoms with van der Waals surface area (Å²) in [6.07, 6.45) is 13.4. The van der Waals surface area contributed by atoms with Crippen LogP contribution in [0.15, 0.2) is 29.1 Å².